The first-order valence-corrected chi connectivity index (χ1v) is 8.63. The molecule has 0 amide bonds. The second-order valence-corrected chi connectivity index (χ2v) is 6.31. The molecule has 0 heterocycles. The van der Waals surface area contributed by atoms with Gasteiger partial charge in [0.15, 0.2) is 0 Å². The lowest BCUT2D eigenvalue weighted by molar-refractivity contribution is 0.796. The van der Waals surface area contributed by atoms with Crippen LogP contribution in [0.3, 0.4) is 0 Å². The van der Waals surface area contributed by atoms with Crippen molar-refractivity contribution in [2.24, 2.45) is 0 Å². The minimum absolute atomic E-state index is 1.17. The molecule has 0 atom stereocenters. The Balaban J connectivity index is 2.18. The van der Waals surface area contributed by atoms with E-state index in [1.807, 2.05) is 0 Å². The standard InChI is InChI=1S/C23H25/c1-4-5-16-21-17(2)18(3)22(19-12-8-6-9-13-19)23(21)20-14-10-7-11-15-20/h6-15H,4-5,16H2,1-3H3. The van der Waals surface area contributed by atoms with Crippen molar-refractivity contribution < 1.29 is 0 Å². The zero-order valence-corrected chi connectivity index (χ0v) is 14.4. The largest absolute Gasteiger partial charge is 0.0654 e. The van der Waals surface area contributed by atoms with Gasteiger partial charge in [-0.05, 0) is 47.6 Å². The lowest BCUT2D eigenvalue weighted by Gasteiger charge is -2.14. The van der Waals surface area contributed by atoms with E-state index in [0.717, 1.165) is 0 Å². The maximum Gasteiger partial charge on any atom is 0.0280 e. The summed E-state index contributed by atoms with van der Waals surface area (Å²) in [4.78, 5) is 0. The fourth-order valence-electron chi connectivity index (χ4n) is 3.49. The molecule has 0 saturated heterocycles. The van der Waals surface area contributed by atoms with E-state index in [1.165, 1.54) is 58.6 Å². The van der Waals surface area contributed by atoms with Crippen molar-refractivity contribution in [2.45, 2.75) is 40.0 Å². The molecule has 23 heavy (non-hydrogen) atoms. The first-order chi connectivity index (χ1) is 11.2. The van der Waals surface area contributed by atoms with Gasteiger partial charge in [-0.3, -0.25) is 0 Å². The third-order valence-corrected chi connectivity index (χ3v) is 4.85. The summed E-state index contributed by atoms with van der Waals surface area (Å²) in [6.07, 6.45) is 3.65. The van der Waals surface area contributed by atoms with Gasteiger partial charge in [0.05, 0.1) is 0 Å². The highest BCUT2D eigenvalue weighted by Gasteiger charge is 2.29. The molecule has 0 heteroatoms. The maximum atomic E-state index is 2.29. The van der Waals surface area contributed by atoms with Gasteiger partial charge in [0.2, 0.25) is 0 Å². The summed E-state index contributed by atoms with van der Waals surface area (Å²) in [6.45, 7) is 6.84. The van der Waals surface area contributed by atoms with E-state index in [2.05, 4.69) is 81.4 Å². The van der Waals surface area contributed by atoms with Crippen LogP contribution in [0.5, 0.6) is 0 Å². The molecule has 0 unspecified atom stereocenters. The van der Waals surface area contributed by atoms with E-state index in [1.54, 1.807) is 0 Å². The van der Waals surface area contributed by atoms with Crippen molar-refractivity contribution in [2.75, 3.05) is 0 Å². The fourth-order valence-corrected chi connectivity index (χ4v) is 3.49. The molecule has 2 aromatic carbocycles. The number of unbranched alkanes of at least 4 members (excludes halogenated alkanes) is 1. The molecule has 0 aliphatic heterocycles. The zero-order chi connectivity index (χ0) is 16.2. The molecule has 0 fully saturated rings. The highest BCUT2D eigenvalue weighted by Crippen LogP contribution is 2.49. The minimum Gasteiger partial charge on any atom is -0.0654 e. The topological polar surface area (TPSA) is 0 Å². The van der Waals surface area contributed by atoms with Crippen molar-refractivity contribution in [3.8, 4) is 0 Å². The van der Waals surface area contributed by atoms with E-state index >= 15 is 0 Å². The van der Waals surface area contributed by atoms with Crippen LogP contribution < -0.4 is 0 Å². The Morgan fingerprint density at radius 2 is 1.22 bits per heavy atom. The van der Waals surface area contributed by atoms with Crippen LogP contribution in [0.4, 0.5) is 0 Å². The highest BCUT2D eigenvalue weighted by atomic mass is 14.3. The number of hydrogen-bond donors (Lipinski definition) is 0. The summed E-state index contributed by atoms with van der Waals surface area (Å²) < 4.78 is 0. The van der Waals surface area contributed by atoms with Crippen LogP contribution in [0, 0.1) is 5.92 Å². The molecule has 117 valence electrons. The van der Waals surface area contributed by atoms with Gasteiger partial charge in [-0.25, -0.2) is 0 Å². The van der Waals surface area contributed by atoms with Crippen LogP contribution in [-0.4, -0.2) is 0 Å². The molecule has 0 nitrogen and oxygen atoms in total. The van der Waals surface area contributed by atoms with Gasteiger partial charge >= 0.3 is 0 Å². The van der Waals surface area contributed by atoms with Gasteiger partial charge < -0.3 is 0 Å². The molecule has 1 aliphatic carbocycles. The van der Waals surface area contributed by atoms with Crippen LogP contribution in [0.2, 0.25) is 0 Å². The van der Waals surface area contributed by atoms with Crippen LogP contribution in [0.1, 0.15) is 51.2 Å². The van der Waals surface area contributed by atoms with E-state index in [-0.39, 0.29) is 0 Å². The predicted molar refractivity (Wildman–Crippen MR) is 101 cm³/mol. The van der Waals surface area contributed by atoms with Crippen molar-refractivity contribution in [1.29, 1.82) is 0 Å². The van der Waals surface area contributed by atoms with E-state index in [9.17, 15) is 0 Å². The van der Waals surface area contributed by atoms with Crippen LogP contribution in [0.15, 0.2) is 71.8 Å². The smallest absolute Gasteiger partial charge is 0.0280 e. The molecular weight excluding hydrogens is 276 g/mol. The predicted octanol–water partition coefficient (Wildman–Crippen LogP) is 6.71. The molecule has 2 aromatic rings. The molecule has 0 N–H and O–H groups in total. The van der Waals surface area contributed by atoms with Gasteiger partial charge in [-0.1, -0.05) is 86.5 Å². The average Bonchev–Trinajstić information content (AvgIpc) is 2.86. The Bertz CT molecular complexity index is 717. The Morgan fingerprint density at radius 3 is 1.74 bits per heavy atom. The van der Waals surface area contributed by atoms with Gasteiger partial charge in [0.1, 0.15) is 0 Å². The lowest BCUT2D eigenvalue weighted by Crippen LogP contribution is -1.95. The van der Waals surface area contributed by atoms with E-state index < -0.39 is 0 Å². The molecular formula is C23H25. The second kappa shape index (κ2) is 7.00. The van der Waals surface area contributed by atoms with E-state index in [4.69, 9.17) is 0 Å². The molecule has 1 aliphatic rings. The Kier molecular flexibility index (Phi) is 4.81. The minimum atomic E-state index is 1.17. The summed E-state index contributed by atoms with van der Waals surface area (Å²) in [5.41, 5.74) is 8.54. The first kappa shape index (κ1) is 15.8. The average molecular weight is 301 g/mol. The van der Waals surface area contributed by atoms with Crippen molar-refractivity contribution in [3.63, 3.8) is 0 Å². The molecule has 0 aromatic heterocycles. The SMILES string of the molecule is CCCCC1=C(C)[C](C)C(c2ccccc2)=C1c1ccccc1. The van der Waals surface area contributed by atoms with Gasteiger partial charge in [-0.15, -0.1) is 0 Å². The number of rotatable bonds is 5. The van der Waals surface area contributed by atoms with Gasteiger partial charge in [-0.2, -0.15) is 0 Å². The molecule has 0 saturated carbocycles. The van der Waals surface area contributed by atoms with Gasteiger partial charge in [0.25, 0.3) is 0 Å². The van der Waals surface area contributed by atoms with Crippen LogP contribution in [0.25, 0.3) is 11.1 Å². The highest BCUT2D eigenvalue weighted by molar-refractivity contribution is 6.08. The number of benzene rings is 2. The van der Waals surface area contributed by atoms with Crippen molar-refractivity contribution >= 4 is 11.1 Å². The summed E-state index contributed by atoms with van der Waals surface area (Å²) in [7, 11) is 0. The van der Waals surface area contributed by atoms with Crippen molar-refractivity contribution in [3.05, 3.63) is 88.9 Å². The van der Waals surface area contributed by atoms with Crippen LogP contribution in [-0.2, 0) is 0 Å². The number of allylic oxidation sites excluding steroid dienone is 4. The van der Waals surface area contributed by atoms with Gasteiger partial charge in [0, 0.05) is 5.92 Å². The monoisotopic (exact) mass is 301 g/mol. The Hall–Kier alpha value is -2.08. The number of hydrogen-bond acceptors (Lipinski definition) is 0. The molecule has 0 spiro atoms. The molecule has 1 radical (unpaired) electrons. The van der Waals surface area contributed by atoms with Crippen LogP contribution >= 0.6 is 0 Å². The normalized spacial score (nSPS) is 15.6. The summed E-state index contributed by atoms with van der Waals surface area (Å²) in [5, 5.41) is 0. The Morgan fingerprint density at radius 1 is 0.696 bits per heavy atom. The third kappa shape index (κ3) is 3.03. The summed E-state index contributed by atoms with van der Waals surface area (Å²) >= 11 is 0. The summed E-state index contributed by atoms with van der Waals surface area (Å²) in [5.74, 6) is 1.43. The Labute approximate surface area is 140 Å². The summed E-state index contributed by atoms with van der Waals surface area (Å²) in [6, 6.07) is 21.7. The lowest BCUT2D eigenvalue weighted by atomic mass is 9.89. The first-order valence-electron chi connectivity index (χ1n) is 8.63. The zero-order valence-electron chi connectivity index (χ0n) is 14.4. The molecule has 0 bridgehead atoms. The second-order valence-electron chi connectivity index (χ2n) is 6.31. The molecule has 3 rings (SSSR count). The third-order valence-electron chi connectivity index (χ3n) is 4.85. The maximum absolute atomic E-state index is 2.29. The van der Waals surface area contributed by atoms with Crippen molar-refractivity contribution in [1.82, 2.24) is 0 Å². The fraction of sp³-hybridized carbons (Fsp3) is 0.261. The van der Waals surface area contributed by atoms with E-state index in [0.29, 0.717) is 0 Å². The quantitative estimate of drug-likeness (QED) is 0.575.